The van der Waals surface area contributed by atoms with Crippen molar-refractivity contribution >= 4 is 0 Å². The van der Waals surface area contributed by atoms with Crippen LogP contribution in [0.1, 0.15) is 117 Å². The van der Waals surface area contributed by atoms with Crippen LogP contribution in [0.25, 0.3) is 0 Å². The van der Waals surface area contributed by atoms with E-state index in [4.69, 9.17) is 0 Å². The SMILES string of the molecule is CCCCCCCCCCCCCCCCCC(C)[N+](C)(C)C.[Cl-]. The normalized spacial score (nSPS) is 12.9. The minimum Gasteiger partial charge on any atom is -1.00 e. The molecule has 0 aliphatic heterocycles. The molecule has 0 heterocycles. The van der Waals surface area contributed by atoms with Crippen molar-refractivity contribution in [2.24, 2.45) is 0 Å². The minimum absolute atomic E-state index is 0. The van der Waals surface area contributed by atoms with Crippen LogP contribution >= 0.6 is 0 Å². The molecule has 0 aliphatic carbocycles. The molecule has 2 heteroatoms. The zero-order valence-corrected chi connectivity index (χ0v) is 18.5. The van der Waals surface area contributed by atoms with Crippen LogP contribution in [0.3, 0.4) is 0 Å². The van der Waals surface area contributed by atoms with E-state index < -0.39 is 0 Å². The topological polar surface area (TPSA) is 0 Å². The number of hydrogen-bond acceptors (Lipinski definition) is 0. The molecule has 0 aromatic rings. The number of nitrogens with zero attached hydrogens (tertiary/aromatic N) is 1. The van der Waals surface area contributed by atoms with Crippen molar-refractivity contribution in [1.29, 1.82) is 0 Å². The van der Waals surface area contributed by atoms with Crippen LogP contribution in [0.15, 0.2) is 0 Å². The van der Waals surface area contributed by atoms with Crippen molar-refractivity contribution in [2.75, 3.05) is 21.1 Å². The van der Waals surface area contributed by atoms with E-state index in [-0.39, 0.29) is 12.4 Å². The lowest BCUT2D eigenvalue weighted by molar-refractivity contribution is -0.894. The lowest BCUT2D eigenvalue weighted by atomic mass is 10.0. The van der Waals surface area contributed by atoms with Crippen molar-refractivity contribution in [3.05, 3.63) is 0 Å². The van der Waals surface area contributed by atoms with Gasteiger partial charge in [-0.3, -0.25) is 0 Å². The Labute approximate surface area is 161 Å². The van der Waals surface area contributed by atoms with Crippen LogP contribution in [0.4, 0.5) is 0 Å². The maximum Gasteiger partial charge on any atom is 0.0855 e. The van der Waals surface area contributed by atoms with Gasteiger partial charge in [-0.1, -0.05) is 96.8 Å². The van der Waals surface area contributed by atoms with Crippen molar-refractivity contribution in [2.45, 2.75) is 123 Å². The Morgan fingerprint density at radius 2 is 0.833 bits per heavy atom. The summed E-state index contributed by atoms with van der Waals surface area (Å²) in [4.78, 5) is 0. The Morgan fingerprint density at radius 1 is 0.542 bits per heavy atom. The summed E-state index contributed by atoms with van der Waals surface area (Å²) in [7, 11) is 6.95. The summed E-state index contributed by atoms with van der Waals surface area (Å²) in [6.07, 6.45) is 23.3. The summed E-state index contributed by atoms with van der Waals surface area (Å²) < 4.78 is 1.11. The molecule has 148 valence electrons. The van der Waals surface area contributed by atoms with Crippen LogP contribution in [-0.2, 0) is 0 Å². The third kappa shape index (κ3) is 18.6. The highest BCUT2D eigenvalue weighted by molar-refractivity contribution is 4.53. The Hall–Kier alpha value is 0.250. The fraction of sp³-hybridized carbons (Fsp3) is 1.00. The predicted octanol–water partition coefficient (Wildman–Crippen LogP) is 4.35. The zero-order chi connectivity index (χ0) is 17.4. The van der Waals surface area contributed by atoms with Crippen LogP contribution in [0.2, 0.25) is 0 Å². The third-order valence-electron chi connectivity index (χ3n) is 5.55. The molecule has 1 nitrogen and oxygen atoms in total. The van der Waals surface area contributed by atoms with E-state index >= 15 is 0 Å². The van der Waals surface area contributed by atoms with Crippen molar-refractivity contribution in [3.63, 3.8) is 0 Å². The molecule has 0 aromatic carbocycles. The molecule has 0 radical (unpaired) electrons. The standard InChI is InChI=1S/C22H48N.ClH/c1-6-7-8-9-10-11-12-13-14-15-16-17-18-19-20-21-22(2)23(3,4)5;/h22H,6-21H2,1-5H3;1H/q+1;/p-1. The van der Waals surface area contributed by atoms with Gasteiger partial charge in [0.15, 0.2) is 0 Å². The lowest BCUT2D eigenvalue weighted by Gasteiger charge is -2.31. The largest absolute Gasteiger partial charge is 1.00 e. The molecule has 0 saturated carbocycles. The average Bonchev–Trinajstić information content (AvgIpc) is 2.50. The van der Waals surface area contributed by atoms with Crippen LogP contribution < -0.4 is 12.4 Å². The van der Waals surface area contributed by atoms with Gasteiger partial charge in [0, 0.05) is 0 Å². The Bertz CT molecular complexity index is 235. The van der Waals surface area contributed by atoms with Gasteiger partial charge in [-0.15, -0.1) is 0 Å². The number of halogens is 1. The van der Waals surface area contributed by atoms with Gasteiger partial charge in [0.1, 0.15) is 0 Å². The second kappa shape index (κ2) is 18.1. The molecular weight excluding hydrogens is 314 g/mol. The molecule has 0 fully saturated rings. The highest BCUT2D eigenvalue weighted by Crippen LogP contribution is 2.15. The number of rotatable bonds is 17. The summed E-state index contributed by atoms with van der Waals surface area (Å²) in [5.74, 6) is 0. The molecule has 1 unspecified atom stereocenters. The van der Waals surface area contributed by atoms with Crippen molar-refractivity contribution < 1.29 is 16.9 Å². The summed E-state index contributed by atoms with van der Waals surface area (Å²) in [6, 6.07) is 0.803. The second-order valence-electron chi connectivity index (χ2n) is 8.70. The predicted molar refractivity (Wildman–Crippen MR) is 107 cm³/mol. The molecule has 0 aromatic heterocycles. The minimum atomic E-state index is 0. The van der Waals surface area contributed by atoms with E-state index in [1.807, 2.05) is 0 Å². The van der Waals surface area contributed by atoms with Gasteiger partial charge in [-0.25, -0.2) is 0 Å². The van der Waals surface area contributed by atoms with Gasteiger partial charge < -0.3 is 16.9 Å². The first-order valence-electron chi connectivity index (χ1n) is 10.8. The summed E-state index contributed by atoms with van der Waals surface area (Å²) in [5.41, 5.74) is 0. The first kappa shape index (κ1) is 26.5. The Morgan fingerprint density at radius 3 is 1.12 bits per heavy atom. The molecule has 1 atom stereocenters. The van der Waals surface area contributed by atoms with Crippen molar-refractivity contribution in [1.82, 2.24) is 0 Å². The quantitative estimate of drug-likeness (QED) is 0.267. The number of quaternary nitrogens is 1. The molecular formula is C22H48ClN. The fourth-order valence-electron chi connectivity index (χ4n) is 3.20. The van der Waals surface area contributed by atoms with E-state index in [0.29, 0.717) is 0 Å². The van der Waals surface area contributed by atoms with Gasteiger partial charge in [0.05, 0.1) is 27.2 Å². The van der Waals surface area contributed by atoms with E-state index in [2.05, 4.69) is 35.0 Å². The van der Waals surface area contributed by atoms with Crippen molar-refractivity contribution in [3.8, 4) is 0 Å². The van der Waals surface area contributed by atoms with Crippen LogP contribution in [0.5, 0.6) is 0 Å². The number of hydrogen-bond donors (Lipinski definition) is 0. The molecule has 0 amide bonds. The zero-order valence-electron chi connectivity index (χ0n) is 17.7. The van der Waals surface area contributed by atoms with Gasteiger partial charge in [0.2, 0.25) is 0 Å². The molecule has 0 bridgehead atoms. The van der Waals surface area contributed by atoms with Gasteiger partial charge in [-0.2, -0.15) is 0 Å². The van der Waals surface area contributed by atoms with E-state index in [0.717, 1.165) is 10.5 Å². The van der Waals surface area contributed by atoms with E-state index in [1.54, 1.807) is 0 Å². The maximum atomic E-state index is 2.39. The first-order chi connectivity index (χ1) is 11.0. The maximum absolute atomic E-state index is 2.39. The van der Waals surface area contributed by atoms with Crippen LogP contribution in [0, 0.1) is 0 Å². The van der Waals surface area contributed by atoms with Gasteiger partial charge in [0.25, 0.3) is 0 Å². The second-order valence-corrected chi connectivity index (χ2v) is 8.70. The molecule has 0 N–H and O–H groups in total. The summed E-state index contributed by atoms with van der Waals surface area (Å²) in [6.45, 7) is 4.69. The number of unbranched alkanes of at least 4 members (excludes halogenated alkanes) is 14. The highest BCUT2D eigenvalue weighted by Gasteiger charge is 2.16. The molecule has 0 aliphatic rings. The monoisotopic (exact) mass is 361 g/mol. The molecule has 24 heavy (non-hydrogen) atoms. The fourth-order valence-corrected chi connectivity index (χ4v) is 3.20. The third-order valence-corrected chi connectivity index (χ3v) is 5.55. The molecule has 0 saturated heterocycles. The highest BCUT2D eigenvalue weighted by atomic mass is 35.5. The molecule has 0 rings (SSSR count). The summed E-state index contributed by atoms with van der Waals surface area (Å²) in [5, 5.41) is 0. The Balaban J connectivity index is 0. The lowest BCUT2D eigenvalue weighted by Crippen LogP contribution is -3.00. The smallest absolute Gasteiger partial charge is 0.0855 e. The Kier molecular flexibility index (Phi) is 19.9. The van der Waals surface area contributed by atoms with Gasteiger partial charge >= 0.3 is 0 Å². The van der Waals surface area contributed by atoms with E-state index in [9.17, 15) is 0 Å². The summed E-state index contributed by atoms with van der Waals surface area (Å²) >= 11 is 0. The first-order valence-corrected chi connectivity index (χ1v) is 10.8. The molecule has 0 spiro atoms. The average molecular weight is 362 g/mol. The van der Waals surface area contributed by atoms with Crippen LogP contribution in [-0.4, -0.2) is 31.7 Å². The van der Waals surface area contributed by atoms with Gasteiger partial charge in [-0.05, 0) is 19.8 Å². The van der Waals surface area contributed by atoms with E-state index in [1.165, 1.54) is 103 Å².